The summed E-state index contributed by atoms with van der Waals surface area (Å²) in [4.78, 5) is 26.2. The smallest absolute Gasteiger partial charge is 0.335 e. The Hall–Kier alpha value is -1.49. The minimum atomic E-state index is -0.925. The first-order valence-electron chi connectivity index (χ1n) is 7.25. The lowest BCUT2D eigenvalue weighted by Crippen LogP contribution is -2.42. The van der Waals surface area contributed by atoms with E-state index in [0.717, 1.165) is 29.8 Å². The van der Waals surface area contributed by atoms with E-state index in [-0.39, 0.29) is 5.91 Å². The number of hydrogen-bond acceptors (Lipinski definition) is 3. The fourth-order valence-corrected chi connectivity index (χ4v) is 3.44. The number of carbonyl (C=O) groups is 2. The lowest BCUT2D eigenvalue weighted by Gasteiger charge is -2.33. The molecule has 1 aliphatic rings. The van der Waals surface area contributed by atoms with Gasteiger partial charge in [-0.1, -0.05) is 6.07 Å². The van der Waals surface area contributed by atoms with Gasteiger partial charge >= 0.3 is 5.97 Å². The highest BCUT2D eigenvalue weighted by atomic mass is 32.2. The van der Waals surface area contributed by atoms with E-state index in [1.165, 1.54) is 18.2 Å². The topological polar surface area (TPSA) is 57.6 Å². The molecule has 0 aliphatic carbocycles. The fraction of sp³-hybridized carbons (Fsp3) is 0.500. The predicted molar refractivity (Wildman–Crippen MR) is 83.9 cm³/mol. The van der Waals surface area contributed by atoms with Crippen LogP contribution in [0, 0.1) is 6.92 Å². The van der Waals surface area contributed by atoms with Crippen molar-refractivity contribution < 1.29 is 14.7 Å². The lowest BCUT2D eigenvalue weighted by atomic mass is 10.0. The van der Waals surface area contributed by atoms with Crippen LogP contribution in [0.2, 0.25) is 0 Å². The predicted octanol–water partition coefficient (Wildman–Crippen LogP) is 3.19. The second-order valence-electron chi connectivity index (χ2n) is 5.50. The number of aryl methyl sites for hydroxylation is 1. The van der Waals surface area contributed by atoms with Crippen LogP contribution in [0.25, 0.3) is 0 Å². The number of likely N-dealkylation sites (tertiary alicyclic amines) is 1. The molecule has 1 heterocycles. The van der Waals surface area contributed by atoms with Crippen molar-refractivity contribution in [1.29, 1.82) is 0 Å². The number of amides is 1. The number of nitrogens with zero attached hydrogens (tertiary/aromatic N) is 1. The summed E-state index contributed by atoms with van der Waals surface area (Å²) in [5, 5.41) is 9.12. The highest BCUT2D eigenvalue weighted by molar-refractivity contribution is 8.00. The van der Waals surface area contributed by atoms with Crippen molar-refractivity contribution in [2.45, 2.75) is 44.0 Å². The van der Waals surface area contributed by atoms with Gasteiger partial charge in [-0.15, -0.1) is 11.8 Å². The number of carboxylic acids is 1. The molecule has 0 bridgehead atoms. The first kappa shape index (κ1) is 15.9. The largest absolute Gasteiger partial charge is 0.478 e. The van der Waals surface area contributed by atoms with Crippen molar-refractivity contribution in [3.8, 4) is 0 Å². The average molecular weight is 307 g/mol. The third-order valence-corrected chi connectivity index (χ3v) is 4.90. The van der Waals surface area contributed by atoms with Crippen LogP contribution in [-0.2, 0) is 4.79 Å². The maximum Gasteiger partial charge on any atom is 0.335 e. The number of benzene rings is 1. The highest BCUT2D eigenvalue weighted by Gasteiger charge is 2.23. The summed E-state index contributed by atoms with van der Waals surface area (Å²) in [5.74, 6) is -0.414. The van der Waals surface area contributed by atoms with E-state index in [1.807, 2.05) is 11.0 Å². The first-order valence-corrected chi connectivity index (χ1v) is 8.24. The summed E-state index contributed by atoms with van der Waals surface area (Å²) in [6.07, 6.45) is 3.34. The number of thioether (sulfide) groups is 1. The molecule has 5 heteroatoms. The minimum absolute atomic E-state index is 0.143. The maximum atomic E-state index is 12.3. The molecule has 1 aromatic carbocycles. The molecule has 1 N–H and O–H groups in total. The molecule has 0 saturated carbocycles. The molecule has 1 atom stereocenters. The van der Waals surface area contributed by atoms with Gasteiger partial charge in [-0.25, -0.2) is 4.79 Å². The van der Waals surface area contributed by atoms with Crippen LogP contribution in [0.1, 0.15) is 42.1 Å². The minimum Gasteiger partial charge on any atom is -0.478 e. The van der Waals surface area contributed by atoms with Gasteiger partial charge < -0.3 is 10.0 Å². The van der Waals surface area contributed by atoms with Gasteiger partial charge in [0.05, 0.1) is 11.3 Å². The Balaban J connectivity index is 1.98. The van der Waals surface area contributed by atoms with Gasteiger partial charge in [-0.05, 0) is 50.8 Å². The van der Waals surface area contributed by atoms with Crippen LogP contribution in [0.4, 0.5) is 0 Å². The number of aromatic carboxylic acids is 1. The van der Waals surface area contributed by atoms with Crippen molar-refractivity contribution in [3.63, 3.8) is 0 Å². The lowest BCUT2D eigenvalue weighted by molar-refractivity contribution is -0.131. The summed E-state index contributed by atoms with van der Waals surface area (Å²) in [6.45, 7) is 4.71. The highest BCUT2D eigenvalue weighted by Crippen LogP contribution is 2.24. The van der Waals surface area contributed by atoms with Crippen molar-refractivity contribution >= 4 is 23.6 Å². The number of piperidine rings is 1. The molecule has 0 aromatic heterocycles. The molecule has 1 aromatic rings. The second kappa shape index (κ2) is 6.98. The zero-order valence-electron chi connectivity index (χ0n) is 12.5. The molecule has 1 saturated heterocycles. The summed E-state index contributed by atoms with van der Waals surface area (Å²) in [6, 6.07) is 5.63. The standard InChI is InChI=1S/C16H21NO3S/c1-11-6-7-13(9-14(11)16(19)20)21-10-15(18)17-8-4-3-5-12(17)2/h6-7,9,12H,3-5,8,10H2,1-2H3,(H,19,20). The second-order valence-corrected chi connectivity index (χ2v) is 6.55. The Morgan fingerprint density at radius 3 is 2.81 bits per heavy atom. The van der Waals surface area contributed by atoms with E-state index >= 15 is 0 Å². The van der Waals surface area contributed by atoms with Crippen LogP contribution < -0.4 is 0 Å². The van der Waals surface area contributed by atoms with E-state index < -0.39 is 5.97 Å². The van der Waals surface area contributed by atoms with E-state index in [2.05, 4.69) is 6.92 Å². The van der Waals surface area contributed by atoms with E-state index in [0.29, 0.717) is 17.4 Å². The van der Waals surface area contributed by atoms with Crippen molar-refractivity contribution in [2.75, 3.05) is 12.3 Å². The normalized spacial score (nSPS) is 18.6. The molecular formula is C16H21NO3S. The zero-order chi connectivity index (χ0) is 15.4. The number of carboxylic acid groups (broad SMARTS) is 1. The third kappa shape index (κ3) is 4.00. The van der Waals surface area contributed by atoms with Gasteiger partial charge in [0.1, 0.15) is 0 Å². The third-order valence-electron chi connectivity index (χ3n) is 3.93. The van der Waals surface area contributed by atoms with Crippen LogP contribution in [-0.4, -0.2) is 40.2 Å². The molecule has 114 valence electrons. The maximum absolute atomic E-state index is 12.3. The SMILES string of the molecule is Cc1ccc(SCC(=O)N2CCCCC2C)cc1C(=O)O. The van der Waals surface area contributed by atoms with E-state index in [9.17, 15) is 9.59 Å². The van der Waals surface area contributed by atoms with Crippen LogP contribution >= 0.6 is 11.8 Å². The van der Waals surface area contributed by atoms with Crippen LogP contribution in [0.5, 0.6) is 0 Å². The van der Waals surface area contributed by atoms with E-state index in [1.54, 1.807) is 19.1 Å². The Bertz CT molecular complexity index is 544. The Labute approximate surface area is 129 Å². The zero-order valence-corrected chi connectivity index (χ0v) is 13.3. The van der Waals surface area contributed by atoms with Gasteiger partial charge in [0.2, 0.25) is 5.91 Å². The van der Waals surface area contributed by atoms with Crippen LogP contribution in [0.3, 0.4) is 0 Å². The van der Waals surface area contributed by atoms with Crippen molar-refractivity contribution in [1.82, 2.24) is 4.90 Å². The van der Waals surface area contributed by atoms with Gasteiger partial charge in [0.25, 0.3) is 0 Å². The Morgan fingerprint density at radius 2 is 2.14 bits per heavy atom. The van der Waals surface area contributed by atoms with E-state index in [4.69, 9.17) is 5.11 Å². The van der Waals surface area contributed by atoms with Gasteiger partial charge in [-0.2, -0.15) is 0 Å². The Morgan fingerprint density at radius 1 is 1.38 bits per heavy atom. The monoisotopic (exact) mass is 307 g/mol. The van der Waals surface area contributed by atoms with Crippen molar-refractivity contribution in [2.24, 2.45) is 0 Å². The quantitative estimate of drug-likeness (QED) is 0.868. The number of hydrogen-bond donors (Lipinski definition) is 1. The van der Waals surface area contributed by atoms with Gasteiger partial charge in [0.15, 0.2) is 0 Å². The fourth-order valence-electron chi connectivity index (χ4n) is 2.62. The Kier molecular flexibility index (Phi) is 5.28. The molecule has 2 rings (SSSR count). The average Bonchev–Trinajstić information content (AvgIpc) is 2.46. The van der Waals surface area contributed by atoms with Crippen LogP contribution in [0.15, 0.2) is 23.1 Å². The van der Waals surface area contributed by atoms with Crippen molar-refractivity contribution in [3.05, 3.63) is 29.3 Å². The molecular weight excluding hydrogens is 286 g/mol. The first-order chi connectivity index (χ1) is 9.99. The molecule has 1 fully saturated rings. The van der Waals surface area contributed by atoms with Gasteiger partial charge in [-0.3, -0.25) is 4.79 Å². The molecule has 1 unspecified atom stereocenters. The number of rotatable bonds is 4. The molecule has 1 amide bonds. The molecule has 0 spiro atoms. The summed E-state index contributed by atoms with van der Waals surface area (Å²) in [7, 11) is 0. The number of carbonyl (C=O) groups excluding carboxylic acids is 1. The molecule has 0 radical (unpaired) electrons. The summed E-state index contributed by atoms with van der Waals surface area (Å²) in [5.41, 5.74) is 1.04. The summed E-state index contributed by atoms with van der Waals surface area (Å²) >= 11 is 1.41. The summed E-state index contributed by atoms with van der Waals surface area (Å²) < 4.78 is 0. The molecule has 1 aliphatic heterocycles. The molecule has 21 heavy (non-hydrogen) atoms. The van der Waals surface area contributed by atoms with Gasteiger partial charge in [0, 0.05) is 17.5 Å². The molecule has 4 nitrogen and oxygen atoms in total.